The highest BCUT2D eigenvalue weighted by Gasteiger charge is 2.24. The summed E-state index contributed by atoms with van der Waals surface area (Å²) in [5.74, 6) is 1.34. The van der Waals surface area contributed by atoms with Crippen molar-refractivity contribution in [2.24, 2.45) is 0 Å². The number of carbonyl (C=O) groups excluding carboxylic acids is 1. The van der Waals surface area contributed by atoms with Crippen LogP contribution in [0, 0.1) is 6.92 Å². The van der Waals surface area contributed by atoms with Crippen LogP contribution in [0.25, 0.3) is 0 Å². The molecule has 0 bridgehead atoms. The molecule has 0 radical (unpaired) electrons. The van der Waals surface area contributed by atoms with Crippen LogP contribution >= 0.6 is 11.8 Å². The number of aryl methyl sites for hydroxylation is 1. The van der Waals surface area contributed by atoms with E-state index in [1.807, 2.05) is 6.07 Å². The van der Waals surface area contributed by atoms with Crippen LogP contribution in [-0.2, 0) is 10.5 Å². The minimum absolute atomic E-state index is 0.0357. The van der Waals surface area contributed by atoms with Gasteiger partial charge in [-0.15, -0.1) is 11.8 Å². The molecule has 1 saturated carbocycles. The van der Waals surface area contributed by atoms with Gasteiger partial charge < -0.3 is 10.4 Å². The summed E-state index contributed by atoms with van der Waals surface area (Å²) in [6.07, 6.45) is 3.50. The molecule has 3 nitrogen and oxygen atoms in total. The molecule has 0 heterocycles. The van der Waals surface area contributed by atoms with Gasteiger partial charge in [-0.25, -0.2) is 0 Å². The number of hydrogen-bond acceptors (Lipinski definition) is 3. The van der Waals surface area contributed by atoms with Crippen LogP contribution in [0.2, 0.25) is 0 Å². The van der Waals surface area contributed by atoms with Crippen molar-refractivity contribution in [1.29, 1.82) is 0 Å². The van der Waals surface area contributed by atoms with E-state index < -0.39 is 0 Å². The third-order valence-electron chi connectivity index (χ3n) is 3.66. The van der Waals surface area contributed by atoms with Gasteiger partial charge in [-0.05, 0) is 25.3 Å². The first-order chi connectivity index (χ1) is 9.65. The lowest BCUT2D eigenvalue weighted by molar-refractivity contribution is -0.120. The van der Waals surface area contributed by atoms with Gasteiger partial charge in [-0.3, -0.25) is 4.79 Å². The van der Waals surface area contributed by atoms with Gasteiger partial charge in [0, 0.05) is 5.75 Å². The van der Waals surface area contributed by atoms with E-state index in [0.717, 1.165) is 31.4 Å². The summed E-state index contributed by atoms with van der Waals surface area (Å²) in [6, 6.07) is 8.31. The fraction of sp³-hybridized carbons (Fsp3) is 0.562. The average Bonchev–Trinajstić information content (AvgIpc) is 2.41. The van der Waals surface area contributed by atoms with Crippen molar-refractivity contribution in [3.05, 3.63) is 35.4 Å². The van der Waals surface area contributed by atoms with Gasteiger partial charge in [-0.2, -0.15) is 0 Å². The Balaban J connectivity index is 1.70. The fourth-order valence-electron chi connectivity index (χ4n) is 2.59. The molecule has 0 unspecified atom stereocenters. The Morgan fingerprint density at radius 1 is 1.40 bits per heavy atom. The summed E-state index contributed by atoms with van der Waals surface area (Å²) in [5, 5.41) is 12.8. The molecular formula is C16H23NO2S. The van der Waals surface area contributed by atoms with E-state index in [1.54, 1.807) is 11.8 Å². The maximum absolute atomic E-state index is 11.9. The molecule has 0 aliphatic heterocycles. The van der Waals surface area contributed by atoms with Crippen molar-refractivity contribution in [1.82, 2.24) is 5.32 Å². The molecule has 1 aromatic rings. The molecule has 1 amide bonds. The second-order valence-corrected chi connectivity index (χ2v) is 6.49. The van der Waals surface area contributed by atoms with Gasteiger partial charge in [0.2, 0.25) is 5.91 Å². The van der Waals surface area contributed by atoms with E-state index in [1.165, 1.54) is 11.1 Å². The maximum atomic E-state index is 11.9. The Kier molecular flexibility index (Phi) is 5.92. The predicted octanol–water partition coefficient (Wildman–Crippen LogP) is 2.65. The smallest absolute Gasteiger partial charge is 0.230 e. The molecule has 4 heteroatoms. The number of amides is 1. The maximum Gasteiger partial charge on any atom is 0.230 e. The van der Waals surface area contributed by atoms with E-state index in [0.29, 0.717) is 5.75 Å². The molecule has 1 aliphatic carbocycles. The zero-order valence-electron chi connectivity index (χ0n) is 12.0. The Morgan fingerprint density at radius 3 is 2.95 bits per heavy atom. The number of thioether (sulfide) groups is 1. The Morgan fingerprint density at radius 2 is 2.20 bits per heavy atom. The Hall–Kier alpha value is -1.00. The molecular weight excluding hydrogens is 270 g/mol. The van der Waals surface area contributed by atoms with E-state index in [4.69, 9.17) is 0 Å². The minimum Gasteiger partial charge on any atom is -0.391 e. The first kappa shape index (κ1) is 15.4. The highest BCUT2D eigenvalue weighted by molar-refractivity contribution is 7.99. The number of aliphatic hydroxyl groups excluding tert-OH is 1. The highest BCUT2D eigenvalue weighted by atomic mass is 32.2. The van der Waals surface area contributed by atoms with Crippen molar-refractivity contribution in [2.75, 3.05) is 5.75 Å². The lowest BCUT2D eigenvalue weighted by Gasteiger charge is -2.28. The van der Waals surface area contributed by atoms with Crippen molar-refractivity contribution < 1.29 is 9.90 Å². The van der Waals surface area contributed by atoms with Crippen LogP contribution in [0.5, 0.6) is 0 Å². The van der Waals surface area contributed by atoms with Crippen molar-refractivity contribution >= 4 is 17.7 Å². The summed E-state index contributed by atoms with van der Waals surface area (Å²) < 4.78 is 0. The number of hydrogen-bond donors (Lipinski definition) is 2. The minimum atomic E-state index is -0.366. The van der Waals surface area contributed by atoms with Crippen molar-refractivity contribution in [3.63, 3.8) is 0 Å². The zero-order chi connectivity index (χ0) is 14.4. The molecule has 2 rings (SSSR count). The van der Waals surface area contributed by atoms with E-state index >= 15 is 0 Å². The standard InChI is InChI=1S/C16H23NO2S/c1-12-5-4-6-13(9-12)10-20-11-16(19)17-14-7-2-3-8-15(14)18/h4-6,9,14-15,18H,2-3,7-8,10-11H2,1H3,(H,17,19)/t14-,15-/m0/s1. The zero-order valence-corrected chi connectivity index (χ0v) is 12.8. The second kappa shape index (κ2) is 7.70. The third-order valence-corrected chi connectivity index (χ3v) is 4.66. The van der Waals surface area contributed by atoms with E-state index in [-0.39, 0.29) is 18.1 Å². The van der Waals surface area contributed by atoms with Crippen LogP contribution in [0.15, 0.2) is 24.3 Å². The largest absolute Gasteiger partial charge is 0.391 e. The first-order valence-corrected chi connectivity index (χ1v) is 8.41. The summed E-state index contributed by atoms with van der Waals surface area (Å²) in [4.78, 5) is 11.9. The number of aliphatic hydroxyl groups is 1. The molecule has 20 heavy (non-hydrogen) atoms. The van der Waals surface area contributed by atoms with Gasteiger partial charge in [0.1, 0.15) is 0 Å². The topological polar surface area (TPSA) is 49.3 Å². The molecule has 1 aromatic carbocycles. The number of rotatable bonds is 5. The molecule has 0 aromatic heterocycles. The summed E-state index contributed by atoms with van der Waals surface area (Å²) in [5.41, 5.74) is 2.50. The third kappa shape index (κ3) is 4.84. The Bertz CT molecular complexity index is 450. The van der Waals surface area contributed by atoms with Crippen LogP contribution in [-0.4, -0.2) is 28.9 Å². The molecule has 1 aliphatic rings. The number of carbonyl (C=O) groups is 1. The van der Waals surface area contributed by atoms with Gasteiger partial charge in [-0.1, -0.05) is 42.7 Å². The quantitative estimate of drug-likeness (QED) is 0.877. The van der Waals surface area contributed by atoms with Crippen molar-refractivity contribution in [3.8, 4) is 0 Å². The summed E-state index contributed by atoms with van der Waals surface area (Å²) >= 11 is 1.62. The van der Waals surface area contributed by atoms with Crippen molar-refractivity contribution in [2.45, 2.75) is 50.5 Å². The van der Waals surface area contributed by atoms with Gasteiger partial charge in [0.25, 0.3) is 0 Å². The predicted molar refractivity (Wildman–Crippen MR) is 83.7 cm³/mol. The monoisotopic (exact) mass is 293 g/mol. The molecule has 0 saturated heterocycles. The Labute approximate surface area is 125 Å². The van der Waals surface area contributed by atoms with Crippen LogP contribution in [0.1, 0.15) is 36.8 Å². The van der Waals surface area contributed by atoms with Gasteiger partial charge >= 0.3 is 0 Å². The normalized spacial score (nSPS) is 22.5. The molecule has 0 spiro atoms. The summed E-state index contributed by atoms with van der Waals surface area (Å²) in [7, 11) is 0. The van der Waals surface area contributed by atoms with E-state index in [9.17, 15) is 9.90 Å². The molecule has 2 atom stereocenters. The fourth-order valence-corrected chi connectivity index (χ4v) is 3.38. The van der Waals surface area contributed by atoms with E-state index in [2.05, 4.69) is 30.4 Å². The molecule has 2 N–H and O–H groups in total. The first-order valence-electron chi connectivity index (χ1n) is 7.26. The lowest BCUT2D eigenvalue weighted by atomic mass is 9.93. The number of benzene rings is 1. The van der Waals surface area contributed by atoms with Crippen LogP contribution in [0.4, 0.5) is 0 Å². The second-order valence-electron chi connectivity index (χ2n) is 5.51. The summed E-state index contributed by atoms with van der Waals surface area (Å²) in [6.45, 7) is 2.07. The highest BCUT2D eigenvalue weighted by Crippen LogP contribution is 2.19. The average molecular weight is 293 g/mol. The van der Waals surface area contributed by atoms with Gasteiger partial charge in [0.15, 0.2) is 0 Å². The lowest BCUT2D eigenvalue weighted by Crippen LogP contribution is -2.45. The number of nitrogens with one attached hydrogen (secondary N) is 1. The molecule has 1 fully saturated rings. The van der Waals surface area contributed by atoms with Crippen LogP contribution < -0.4 is 5.32 Å². The molecule has 110 valence electrons. The van der Waals surface area contributed by atoms with Crippen LogP contribution in [0.3, 0.4) is 0 Å². The van der Waals surface area contributed by atoms with Gasteiger partial charge in [0.05, 0.1) is 17.9 Å². The SMILES string of the molecule is Cc1cccc(CSCC(=O)N[C@H]2CCCC[C@@H]2O)c1.